The minimum atomic E-state index is 0.0838. The maximum atomic E-state index is 12.9. The topological polar surface area (TPSA) is 62.5 Å². The molecular formula is C20H28N4O2S. The number of aromatic nitrogens is 2. The maximum absolute atomic E-state index is 12.9. The number of piperidine rings is 1. The third-order valence-electron chi connectivity index (χ3n) is 5.87. The molecule has 1 atom stereocenters. The van der Waals surface area contributed by atoms with Crippen LogP contribution in [-0.4, -0.2) is 52.1 Å². The molecule has 0 aliphatic carbocycles. The van der Waals surface area contributed by atoms with Crippen molar-refractivity contribution in [2.24, 2.45) is 5.92 Å². The van der Waals surface area contributed by atoms with E-state index in [0.29, 0.717) is 17.7 Å². The fraction of sp³-hybridized carbons (Fsp3) is 0.650. The van der Waals surface area contributed by atoms with Gasteiger partial charge in [0.15, 0.2) is 0 Å². The van der Waals surface area contributed by atoms with E-state index in [1.165, 1.54) is 12.8 Å². The van der Waals surface area contributed by atoms with Crippen LogP contribution in [0.1, 0.15) is 57.4 Å². The molecule has 2 fully saturated rings. The van der Waals surface area contributed by atoms with Crippen LogP contribution in [0.2, 0.25) is 0 Å². The van der Waals surface area contributed by atoms with Gasteiger partial charge in [0.25, 0.3) is 5.89 Å². The summed E-state index contributed by atoms with van der Waals surface area (Å²) >= 11 is 1.60. The summed E-state index contributed by atoms with van der Waals surface area (Å²) in [5.74, 6) is 1.81. The summed E-state index contributed by atoms with van der Waals surface area (Å²) < 4.78 is 5.90. The summed E-state index contributed by atoms with van der Waals surface area (Å²) in [6, 6.07) is 4.06. The largest absolute Gasteiger partial charge is 0.418 e. The van der Waals surface area contributed by atoms with Gasteiger partial charge in [-0.15, -0.1) is 21.5 Å². The van der Waals surface area contributed by atoms with E-state index in [0.717, 1.165) is 56.7 Å². The number of carbonyl (C=O) groups is 1. The second kappa shape index (κ2) is 8.52. The number of rotatable bonds is 4. The molecule has 4 rings (SSSR count). The van der Waals surface area contributed by atoms with Crippen molar-refractivity contribution in [3.05, 3.63) is 23.4 Å². The summed E-state index contributed by atoms with van der Waals surface area (Å²) in [7, 11) is 0. The Hall–Kier alpha value is -1.73. The molecule has 2 aliphatic heterocycles. The standard InChI is InChI=1S/C20H28N4O2S/c1-15(18-21-22-19(26-18)17-7-6-14-27-17)23-12-8-16(9-13-23)20(25)24-10-4-2-3-5-11-24/h6-7,14-16H,2-5,8-13H2,1H3. The van der Waals surface area contributed by atoms with E-state index in [-0.39, 0.29) is 12.0 Å². The number of nitrogens with zero attached hydrogens (tertiary/aromatic N) is 4. The first-order valence-electron chi connectivity index (χ1n) is 10.1. The summed E-state index contributed by atoms with van der Waals surface area (Å²) in [4.78, 5) is 18.3. The van der Waals surface area contributed by atoms with Gasteiger partial charge in [-0.1, -0.05) is 18.9 Å². The van der Waals surface area contributed by atoms with Crippen molar-refractivity contribution in [2.75, 3.05) is 26.2 Å². The molecule has 0 saturated carbocycles. The van der Waals surface area contributed by atoms with Gasteiger partial charge >= 0.3 is 0 Å². The molecule has 0 spiro atoms. The van der Waals surface area contributed by atoms with E-state index < -0.39 is 0 Å². The van der Waals surface area contributed by atoms with Gasteiger partial charge in [-0.2, -0.15) is 0 Å². The Labute approximate surface area is 164 Å². The normalized spacial score (nSPS) is 21.1. The molecule has 146 valence electrons. The predicted octanol–water partition coefficient (Wildman–Crippen LogP) is 3.97. The van der Waals surface area contributed by atoms with Crippen molar-refractivity contribution in [3.8, 4) is 10.8 Å². The van der Waals surface area contributed by atoms with Gasteiger partial charge in [0.1, 0.15) is 0 Å². The van der Waals surface area contributed by atoms with Crippen LogP contribution in [0.5, 0.6) is 0 Å². The predicted molar refractivity (Wildman–Crippen MR) is 105 cm³/mol. The molecule has 2 aromatic heterocycles. The van der Waals surface area contributed by atoms with Gasteiger partial charge in [0.2, 0.25) is 11.8 Å². The van der Waals surface area contributed by atoms with Gasteiger partial charge < -0.3 is 9.32 Å². The van der Waals surface area contributed by atoms with Crippen LogP contribution in [0, 0.1) is 5.92 Å². The number of likely N-dealkylation sites (tertiary alicyclic amines) is 2. The van der Waals surface area contributed by atoms with E-state index >= 15 is 0 Å². The highest BCUT2D eigenvalue weighted by atomic mass is 32.1. The van der Waals surface area contributed by atoms with Crippen molar-refractivity contribution in [1.82, 2.24) is 20.0 Å². The summed E-state index contributed by atoms with van der Waals surface area (Å²) in [6.07, 6.45) is 6.68. The second-order valence-electron chi connectivity index (χ2n) is 7.65. The molecule has 27 heavy (non-hydrogen) atoms. The molecule has 2 aromatic rings. The first-order valence-corrected chi connectivity index (χ1v) is 11.0. The number of hydrogen-bond acceptors (Lipinski definition) is 6. The lowest BCUT2D eigenvalue weighted by Gasteiger charge is -2.36. The Morgan fingerprint density at radius 2 is 1.89 bits per heavy atom. The van der Waals surface area contributed by atoms with E-state index in [1.807, 2.05) is 17.5 Å². The zero-order valence-electron chi connectivity index (χ0n) is 16.0. The minimum absolute atomic E-state index is 0.0838. The van der Waals surface area contributed by atoms with Gasteiger partial charge in [-0.25, -0.2) is 0 Å². The second-order valence-corrected chi connectivity index (χ2v) is 8.60. The lowest BCUT2D eigenvalue weighted by atomic mass is 9.94. The Morgan fingerprint density at radius 3 is 2.56 bits per heavy atom. The van der Waals surface area contributed by atoms with E-state index in [9.17, 15) is 4.79 Å². The molecule has 0 N–H and O–H groups in total. The lowest BCUT2D eigenvalue weighted by Crippen LogP contribution is -2.43. The lowest BCUT2D eigenvalue weighted by molar-refractivity contribution is -0.137. The van der Waals surface area contributed by atoms with Crippen LogP contribution in [0.4, 0.5) is 0 Å². The van der Waals surface area contributed by atoms with Crippen LogP contribution in [-0.2, 0) is 4.79 Å². The van der Waals surface area contributed by atoms with Crippen molar-refractivity contribution in [3.63, 3.8) is 0 Å². The quantitative estimate of drug-likeness (QED) is 0.793. The first kappa shape index (κ1) is 18.6. The number of hydrogen-bond donors (Lipinski definition) is 0. The van der Waals surface area contributed by atoms with Crippen molar-refractivity contribution in [1.29, 1.82) is 0 Å². The maximum Gasteiger partial charge on any atom is 0.257 e. The molecule has 4 heterocycles. The molecular weight excluding hydrogens is 360 g/mol. The Balaban J connectivity index is 1.32. The summed E-state index contributed by atoms with van der Waals surface area (Å²) in [6.45, 7) is 5.82. The third kappa shape index (κ3) is 4.24. The van der Waals surface area contributed by atoms with E-state index in [4.69, 9.17) is 4.42 Å². The monoisotopic (exact) mass is 388 g/mol. The highest BCUT2D eigenvalue weighted by molar-refractivity contribution is 7.13. The highest BCUT2D eigenvalue weighted by Gasteiger charge is 2.32. The summed E-state index contributed by atoms with van der Waals surface area (Å²) in [5.41, 5.74) is 0. The fourth-order valence-corrected chi connectivity index (χ4v) is 4.79. The highest BCUT2D eigenvalue weighted by Crippen LogP contribution is 2.30. The average molecular weight is 389 g/mol. The minimum Gasteiger partial charge on any atom is -0.418 e. The third-order valence-corrected chi connectivity index (χ3v) is 6.73. The van der Waals surface area contributed by atoms with Crippen molar-refractivity contribution in [2.45, 2.75) is 51.5 Å². The molecule has 1 unspecified atom stereocenters. The van der Waals surface area contributed by atoms with Crippen LogP contribution in [0.25, 0.3) is 10.8 Å². The zero-order valence-corrected chi connectivity index (χ0v) is 16.8. The SMILES string of the molecule is CC(c1nnc(-c2cccs2)o1)N1CCC(C(=O)N2CCCCCC2)CC1. The number of carbonyl (C=O) groups excluding carboxylic acids is 1. The molecule has 2 saturated heterocycles. The van der Waals surface area contributed by atoms with Crippen LogP contribution in [0.15, 0.2) is 21.9 Å². The molecule has 0 radical (unpaired) electrons. The molecule has 6 nitrogen and oxygen atoms in total. The summed E-state index contributed by atoms with van der Waals surface area (Å²) in [5, 5.41) is 10.5. The van der Waals surface area contributed by atoms with Gasteiger partial charge in [-0.3, -0.25) is 9.69 Å². The van der Waals surface area contributed by atoms with Gasteiger partial charge in [0.05, 0.1) is 10.9 Å². The molecule has 0 aromatic carbocycles. The van der Waals surface area contributed by atoms with Crippen LogP contribution >= 0.6 is 11.3 Å². The van der Waals surface area contributed by atoms with E-state index in [2.05, 4.69) is 26.9 Å². The smallest absolute Gasteiger partial charge is 0.257 e. The Morgan fingerprint density at radius 1 is 1.15 bits per heavy atom. The van der Waals surface area contributed by atoms with E-state index in [1.54, 1.807) is 11.3 Å². The zero-order chi connectivity index (χ0) is 18.6. The van der Waals surface area contributed by atoms with Gasteiger partial charge in [0, 0.05) is 19.0 Å². The molecule has 7 heteroatoms. The fourth-order valence-electron chi connectivity index (χ4n) is 4.14. The molecule has 1 amide bonds. The molecule has 0 bridgehead atoms. The van der Waals surface area contributed by atoms with Crippen molar-refractivity contribution >= 4 is 17.2 Å². The first-order chi connectivity index (χ1) is 13.2. The average Bonchev–Trinajstić information content (AvgIpc) is 3.34. The molecule has 2 aliphatic rings. The number of amides is 1. The van der Waals surface area contributed by atoms with Gasteiger partial charge in [-0.05, 0) is 57.1 Å². The van der Waals surface area contributed by atoms with Crippen LogP contribution < -0.4 is 0 Å². The number of thiophene rings is 1. The Kier molecular flexibility index (Phi) is 5.88. The van der Waals surface area contributed by atoms with Crippen LogP contribution in [0.3, 0.4) is 0 Å². The van der Waals surface area contributed by atoms with Crippen molar-refractivity contribution < 1.29 is 9.21 Å². The Bertz CT molecular complexity index is 729.